The number of rotatable bonds is 5. The minimum absolute atomic E-state index is 0.199. The van der Waals surface area contributed by atoms with Gasteiger partial charge >= 0.3 is 0 Å². The van der Waals surface area contributed by atoms with Crippen LogP contribution in [-0.2, 0) is 6.67 Å². The van der Waals surface area contributed by atoms with Crippen molar-refractivity contribution in [3.8, 4) is 0 Å². The Labute approximate surface area is 173 Å². The van der Waals surface area contributed by atoms with Gasteiger partial charge in [0.2, 0.25) is 5.13 Å². The van der Waals surface area contributed by atoms with Crippen molar-refractivity contribution < 1.29 is 4.39 Å². The lowest BCUT2D eigenvalue weighted by molar-refractivity contribution is 0.195. The second kappa shape index (κ2) is 8.38. The van der Waals surface area contributed by atoms with Crippen LogP contribution in [0.1, 0.15) is 5.56 Å². The van der Waals surface area contributed by atoms with E-state index in [4.69, 9.17) is 12.2 Å². The first kappa shape index (κ1) is 19.0. The fourth-order valence-electron chi connectivity index (χ4n) is 3.20. The topological polar surface area (TPSA) is 36.3 Å². The number of hydrogen-bond donors (Lipinski definition) is 1. The van der Waals surface area contributed by atoms with Crippen LogP contribution < -0.4 is 10.2 Å². The minimum Gasteiger partial charge on any atom is -0.369 e. The number of halogens is 1. The van der Waals surface area contributed by atoms with Crippen molar-refractivity contribution >= 4 is 40.1 Å². The summed E-state index contributed by atoms with van der Waals surface area (Å²) in [7, 11) is 0. The van der Waals surface area contributed by atoms with Gasteiger partial charge in [-0.25, -0.2) is 9.07 Å². The van der Waals surface area contributed by atoms with Crippen molar-refractivity contribution in [1.82, 2.24) is 14.7 Å². The summed E-state index contributed by atoms with van der Waals surface area (Å²) in [6, 6.07) is 14.9. The van der Waals surface area contributed by atoms with Crippen molar-refractivity contribution in [3.63, 3.8) is 0 Å². The van der Waals surface area contributed by atoms with Crippen molar-refractivity contribution in [2.45, 2.75) is 13.6 Å². The zero-order valence-corrected chi connectivity index (χ0v) is 17.3. The summed E-state index contributed by atoms with van der Waals surface area (Å²) in [4.78, 5) is 4.62. The van der Waals surface area contributed by atoms with Gasteiger partial charge < -0.3 is 10.2 Å². The minimum atomic E-state index is -0.199. The van der Waals surface area contributed by atoms with E-state index in [1.54, 1.807) is 0 Å². The Bertz CT molecular complexity index is 973. The molecule has 0 unspecified atom stereocenters. The molecule has 0 spiro atoms. The van der Waals surface area contributed by atoms with Crippen LogP contribution in [0, 0.1) is 16.7 Å². The third-order valence-electron chi connectivity index (χ3n) is 4.81. The van der Waals surface area contributed by atoms with Crippen molar-refractivity contribution in [3.05, 3.63) is 63.9 Å². The first-order chi connectivity index (χ1) is 13.6. The van der Waals surface area contributed by atoms with Crippen LogP contribution in [0.15, 0.2) is 48.5 Å². The van der Waals surface area contributed by atoms with Gasteiger partial charge in [0.1, 0.15) is 5.82 Å². The highest BCUT2D eigenvalue weighted by molar-refractivity contribution is 7.73. The highest BCUT2D eigenvalue weighted by Crippen LogP contribution is 2.22. The molecule has 3 aromatic rings. The van der Waals surface area contributed by atoms with Crippen LogP contribution in [0.3, 0.4) is 0 Å². The average Bonchev–Trinajstić information content (AvgIpc) is 3.04. The molecule has 2 aromatic carbocycles. The number of anilines is 3. The predicted molar refractivity (Wildman–Crippen MR) is 116 cm³/mol. The van der Waals surface area contributed by atoms with Gasteiger partial charge in [-0.05, 0) is 55.5 Å². The van der Waals surface area contributed by atoms with E-state index in [2.05, 4.69) is 39.3 Å². The fraction of sp³-hybridized carbons (Fsp3) is 0.300. The van der Waals surface area contributed by atoms with E-state index in [1.807, 2.05) is 28.9 Å². The molecule has 1 N–H and O–H groups in total. The van der Waals surface area contributed by atoms with Crippen LogP contribution in [0.25, 0.3) is 0 Å². The first-order valence-electron chi connectivity index (χ1n) is 9.21. The molecule has 0 saturated carbocycles. The van der Waals surface area contributed by atoms with E-state index in [9.17, 15) is 4.39 Å². The molecule has 146 valence electrons. The molecule has 4 rings (SSSR count). The number of benzene rings is 2. The molecular formula is C20H22FN5S2. The normalized spacial score (nSPS) is 15.0. The summed E-state index contributed by atoms with van der Waals surface area (Å²) < 4.78 is 15.7. The van der Waals surface area contributed by atoms with E-state index in [-0.39, 0.29) is 5.82 Å². The first-order valence-corrected chi connectivity index (χ1v) is 10.4. The molecule has 1 aliphatic heterocycles. The molecule has 0 atom stereocenters. The van der Waals surface area contributed by atoms with Crippen molar-refractivity contribution in [2.24, 2.45) is 0 Å². The maximum Gasteiger partial charge on any atom is 0.209 e. The SMILES string of the molecule is Cc1ccc(Nc2nn(CN3CCN(c4ccc(F)cc4)CC3)c(=S)s2)cc1. The van der Waals surface area contributed by atoms with E-state index < -0.39 is 0 Å². The molecule has 1 aromatic heterocycles. The van der Waals surface area contributed by atoms with Crippen LogP contribution in [0.2, 0.25) is 0 Å². The Morgan fingerprint density at radius 1 is 1.04 bits per heavy atom. The van der Waals surface area contributed by atoms with E-state index >= 15 is 0 Å². The monoisotopic (exact) mass is 415 g/mol. The number of hydrogen-bond acceptors (Lipinski definition) is 6. The summed E-state index contributed by atoms with van der Waals surface area (Å²) in [5.74, 6) is -0.199. The van der Waals surface area contributed by atoms with Gasteiger partial charge in [-0.1, -0.05) is 29.0 Å². The van der Waals surface area contributed by atoms with E-state index in [0.717, 1.165) is 46.6 Å². The van der Waals surface area contributed by atoms with Gasteiger partial charge in [0.05, 0.1) is 6.67 Å². The molecule has 2 heterocycles. The second-order valence-corrected chi connectivity index (χ2v) is 8.51. The van der Waals surface area contributed by atoms with Gasteiger partial charge in [0.25, 0.3) is 0 Å². The summed E-state index contributed by atoms with van der Waals surface area (Å²) in [5, 5.41) is 8.76. The van der Waals surface area contributed by atoms with Gasteiger partial charge in [-0.2, -0.15) is 0 Å². The lowest BCUT2D eigenvalue weighted by Gasteiger charge is -2.35. The van der Waals surface area contributed by atoms with Crippen LogP contribution in [0.5, 0.6) is 0 Å². The molecule has 5 nitrogen and oxygen atoms in total. The highest BCUT2D eigenvalue weighted by atomic mass is 32.1. The largest absolute Gasteiger partial charge is 0.369 e. The van der Waals surface area contributed by atoms with Gasteiger partial charge in [0.15, 0.2) is 3.95 Å². The number of aryl methyl sites for hydroxylation is 1. The smallest absolute Gasteiger partial charge is 0.209 e. The van der Waals surface area contributed by atoms with Gasteiger partial charge in [-0.15, -0.1) is 5.10 Å². The summed E-state index contributed by atoms with van der Waals surface area (Å²) in [6.45, 7) is 6.38. The summed E-state index contributed by atoms with van der Waals surface area (Å²) in [5.41, 5.74) is 3.30. The third-order valence-corrected chi connectivity index (χ3v) is 6.03. The molecule has 0 amide bonds. The Balaban J connectivity index is 1.35. The van der Waals surface area contributed by atoms with Crippen molar-refractivity contribution in [2.75, 3.05) is 36.4 Å². The van der Waals surface area contributed by atoms with Crippen LogP contribution in [0.4, 0.5) is 20.9 Å². The zero-order chi connectivity index (χ0) is 19.5. The number of piperazine rings is 1. The number of nitrogens with zero attached hydrogens (tertiary/aromatic N) is 4. The molecule has 1 fully saturated rings. The molecule has 1 aliphatic rings. The van der Waals surface area contributed by atoms with Crippen molar-refractivity contribution in [1.29, 1.82) is 0 Å². The Hall–Kier alpha value is -2.29. The Morgan fingerprint density at radius 2 is 1.71 bits per heavy atom. The van der Waals surface area contributed by atoms with E-state index in [0.29, 0.717) is 6.67 Å². The van der Waals surface area contributed by atoms with E-state index in [1.165, 1.54) is 29.0 Å². The lowest BCUT2D eigenvalue weighted by atomic mass is 10.2. The number of nitrogens with one attached hydrogen (secondary N) is 1. The molecule has 0 radical (unpaired) electrons. The molecule has 0 bridgehead atoms. The predicted octanol–water partition coefficient (Wildman–Crippen LogP) is 4.64. The molecule has 0 aliphatic carbocycles. The zero-order valence-electron chi connectivity index (χ0n) is 15.6. The molecule has 1 saturated heterocycles. The summed E-state index contributed by atoms with van der Waals surface area (Å²) >= 11 is 6.98. The standard InChI is InChI=1S/C20H22FN5S2/c1-15-2-6-17(7-3-15)22-19-23-26(20(27)28-19)14-24-10-12-25(13-11-24)18-8-4-16(21)5-9-18/h2-9H,10-14H2,1H3,(H,22,23). The third kappa shape index (κ3) is 4.57. The van der Waals surface area contributed by atoms with Crippen LogP contribution in [-0.4, -0.2) is 40.9 Å². The second-order valence-electron chi connectivity index (χ2n) is 6.89. The Morgan fingerprint density at radius 3 is 2.39 bits per heavy atom. The number of aromatic nitrogens is 2. The highest BCUT2D eigenvalue weighted by Gasteiger charge is 2.18. The maximum absolute atomic E-state index is 13.1. The maximum atomic E-state index is 13.1. The Kier molecular flexibility index (Phi) is 5.70. The molecule has 28 heavy (non-hydrogen) atoms. The lowest BCUT2D eigenvalue weighted by Crippen LogP contribution is -2.46. The fourth-order valence-corrected chi connectivity index (χ4v) is 4.21. The van der Waals surface area contributed by atoms with Crippen LogP contribution >= 0.6 is 23.6 Å². The van der Waals surface area contributed by atoms with Gasteiger partial charge in [-0.3, -0.25) is 4.90 Å². The van der Waals surface area contributed by atoms with Gasteiger partial charge in [0, 0.05) is 37.6 Å². The average molecular weight is 416 g/mol. The molecular weight excluding hydrogens is 393 g/mol. The molecule has 8 heteroatoms. The summed E-state index contributed by atoms with van der Waals surface area (Å²) in [6.07, 6.45) is 0. The quantitative estimate of drug-likeness (QED) is 0.614.